The van der Waals surface area contributed by atoms with Crippen LogP contribution in [0.2, 0.25) is 0 Å². The van der Waals surface area contributed by atoms with Crippen molar-refractivity contribution in [1.29, 1.82) is 0 Å². The third-order valence-electron chi connectivity index (χ3n) is 3.78. The van der Waals surface area contributed by atoms with Crippen molar-refractivity contribution in [3.63, 3.8) is 0 Å². The molecule has 0 fully saturated rings. The Morgan fingerprint density at radius 3 is 2.08 bits per heavy atom. The average Bonchev–Trinajstić information content (AvgIpc) is 2.66. The normalized spacial score (nSPS) is 11.8. The summed E-state index contributed by atoms with van der Waals surface area (Å²) in [6, 6.07) is 13.1. The van der Waals surface area contributed by atoms with E-state index < -0.39 is 5.92 Å². The van der Waals surface area contributed by atoms with Gasteiger partial charge in [-0.25, -0.2) is 0 Å². The molecule has 0 saturated carbocycles. The van der Waals surface area contributed by atoms with Gasteiger partial charge in [0.05, 0.1) is 33.5 Å². The zero-order valence-corrected chi connectivity index (χ0v) is 14.8. The van der Waals surface area contributed by atoms with Crippen molar-refractivity contribution in [1.82, 2.24) is 0 Å². The van der Waals surface area contributed by atoms with Gasteiger partial charge in [-0.15, -0.1) is 0 Å². The van der Waals surface area contributed by atoms with E-state index >= 15 is 0 Å². The fraction of sp³-hybridized carbons (Fsp3) is 0.250. The van der Waals surface area contributed by atoms with Crippen molar-refractivity contribution >= 4 is 12.0 Å². The first-order valence-electron chi connectivity index (χ1n) is 7.82. The van der Waals surface area contributed by atoms with Crippen molar-refractivity contribution in [2.45, 2.75) is 12.8 Å². The number of esters is 1. The molecule has 0 saturated heterocycles. The monoisotopic (exact) mass is 342 g/mol. The molecule has 0 amide bonds. The molecule has 0 aliphatic carbocycles. The maximum absolute atomic E-state index is 12.3. The highest BCUT2D eigenvalue weighted by atomic mass is 16.5. The van der Waals surface area contributed by atoms with E-state index in [-0.39, 0.29) is 5.97 Å². The van der Waals surface area contributed by atoms with Crippen molar-refractivity contribution in [3.05, 3.63) is 59.9 Å². The molecule has 5 nitrogen and oxygen atoms in total. The molecule has 0 heterocycles. The minimum absolute atomic E-state index is 0.374. The number of benzene rings is 2. The number of hydrogen-bond donors (Lipinski definition) is 0. The second kappa shape index (κ2) is 8.78. The minimum atomic E-state index is -0.492. The van der Waals surface area contributed by atoms with Crippen molar-refractivity contribution in [3.8, 4) is 17.2 Å². The molecule has 5 heteroatoms. The summed E-state index contributed by atoms with van der Waals surface area (Å²) in [4.78, 5) is 12.3. The van der Waals surface area contributed by atoms with Gasteiger partial charge in [-0.05, 0) is 36.3 Å². The molecule has 0 aliphatic rings. The Kier molecular flexibility index (Phi) is 6.46. The molecule has 25 heavy (non-hydrogen) atoms. The predicted octanol–water partition coefficient (Wildman–Crippen LogP) is 4.03. The molecule has 0 spiro atoms. The molecule has 0 aromatic heterocycles. The lowest BCUT2D eigenvalue weighted by atomic mass is 10.0. The second-order valence-electron chi connectivity index (χ2n) is 5.33. The first-order chi connectivity index (χ1) is 12.1. The van der Waals surface area contributed by atoms with E-state index in [1.54, 1.807) is 25.1 Å². The molecule has 0 N–H and O–H groups in total. The Morgan fingerprint density at radius 2 is 1.56 bits per heavy atom. The molecule has 0 bridgehead atoms. The van der Waals surface area contributed by atoms with Crippen LogP contribution in [0.15, 0.2) is 48.7 Å². The van der Waals surface area contributed by atoms with Gasteiger partial charge < -0.3 is 18.9 Å². The fourth-order valence-corrected chi connectivity index (χ4v) is 2.33. The Balaban J connectivity index is 2.14. The Bertz CT molecular complexity index is 712. The van der Waals surface area contributed by atoms with Crippen molar-refractivity contribution in [2.24, 2.45) is 0 Å². The van der Waals surface area contributed by atoms with Crippen LogP contribution in [0.5, 0.6) is 17.2 Å². The summed E-state index contributed by atoms with van der Waals surface area (Å²) in [7, 11) is 4.60. The van der Waals surface area contributed by atoms with Crippen LogP contribution in [0.3, 0.4) is 0 Å². The summed E-state index contributed by atoms with van der Waals surface area (Å²) in [5.74, 6) is 0.613. The van der Waals surface area contributed by atoms with Gasteiger partial charge in [-0.1, -0.05) is 30.3 Å². The first kappa shape index (κ1) is 18.4. The molecule has 2 aromatic carbocycles. The van der Waals surface area contributed by atoms with E-state index in [1.165, 1.54) is 27.6 Å². The molecule has 132 valence electrons. The lowest BCUT2D eigenvalue weighted by Gasteiger charge is -2.16. The van der Waals surface area contributed by atoms with E-state index in [1.807, 2.05) is 30.3 Å². The SMILES string of the molecule is COc1cc(C(C)C(=O)OC=Cc2ccccc2)cc(OC)c1OC. The van der Waals surface area contributed by atoms with Gasteiger partial charge in [0, 0.05) is 0 Å². The minimum Gasteiger partial charge on any atom is -0.493 e. The quantitative estimate of drug-likeness (QED) is 0.562. The molecule has 2 aromatic rings. The summed E-state index contributed by atoms with van der Waals surface area (Å²) in [5, 5.41) is 0. The summed E-state index contributed by atoms with van der Waals surface area (Å²) >= 11 is 0. The van der Waals surface area contributed by atoms with Gasteiger partial charge in [0.1, 0.15) is 0 Å². The standard InChI is InChI=1S/C20H22O5/c1-14(20(21)25-11-10-15-8-6-5-7-9-15)16-12-17(22-2)19(24-4)18(13-16)23-3/h5-14H,1-4H3. The lowest BCUT2D eigenvalue weighted by Crippen LogP contribution is -2.11. The van der Waals surface area contributed by atoms with E-state index in [0.29, 0.717) is 22.8 Å². The van der Waals surface area contributed by atoms with Crippen LogP contribution in [-0.2, 0) is 9.53 Å². The maximum atomic E-state index is 12.3. The summed E-state index contributed by atoms with van der Waals surface area (Å²) in [6.07, 6.45) is 3.13. The summed E-state index contributed by atoms with van der Waals surface area (Å²) < 4.78 is 21.2. The lowest BCUT2D eigenvalue weighted by molar-refractivity contribution is -0.139. The van der Waals surface area contributed by atoms with Crippen LogP contribution >= 0.6 is 0 Å². The number of rotatable bonds is 7. The Hall–Kier alpha value is -2.95. The number of methoxy groups -OCH3 is 3. The fourth-order valence-electron chi connectivity index (χ4n) is 2.33. The van der Waals surface area contributed by atoms with E-state index in [4.69, 9.17) is 18.9 Å². The van der Waals surface area contributed by atoms with Crippen molar-refractivity contribution in [2.75, 3.05) is 21.3 Å². The van der Waals surface area contributed by atoms with Gasteiger partial charge >= 0.3 is 5.97 Å². The molecule has 2 rings (SSSR count). The van der Waals surface area contributed by atoms with Gasteiger partial charge in [0.25, 0.3) is 0 Å². The molecule has 1 atom stereocenters. The van der Waals surface area contributed by atoms with Crippen LogP contribution in [0.1, 0.15) is 24.0 Å². The van der Waals surface area contributed by atoms with E-state index in [9.17, 15) is 4.79 Å². The van der Waals surface area contributed by atoms with E-state index in [2.05, 4.69) is 0 Å². The van der Waals surface area contributed by atoms with Crippen LogP contribution < -0.4 is 14.2 Å². The molecular formula is C20H22O5. The highest BCUT2D eigenvalue weighted by molar-refractivity contribution is 5.79. The van der Waals surface area contributed by atoms with Gasteiger partial charge in [-0.3, -0.25) is 4.79 Å². The van der Waals surface area contributed by atoms with Crippen LogP contribution in [-0.4, -0.2) is 27.3 Å². The second-order valence-corrected chi connectivity index (χ2v) is 5.33. The molecule has 0 radical (unpaired) electrons. The highest BCUT2D eigenvalue weighted by Crippen LogP contribution is 2.40. The highest BCUT2D eigenvalue weighted by Gasteiger charge is 2.21. The zero-order chi connectivity index (χ0) is 18.2. The number of carbonyl (C=O) groups excluding carboxylic acids is 1. The topological polar surface area (TPSA) is 54.0 Å². The van der Waals surface area contributed by atoms with Crippen molar-refractivity contribution < 1.29 is 23.7 Å². The smallest absolute Gasteiger partial charge is 0.317 e. The summed E-state index contributed by atoms with van der Waals surface area (Å²) in [5.41, 5.74) is 1.67. The van der Waals surface area contributed by atoms with Crippen LogP contribution in [0.4, 0.5) is 0 Å². The number of hydrogen-bond acceptors (Lipinski definition) is 5. The van der Waals surface area contributed by atoms with Gasteiger partial charge in [0.2, 0.25) is 5.75 Å². The Labute approximate surface area is 147 Å². The summed E-state index contributed by atoms with van der Waals surface area (Å²) in [6.45, 7) is 1.76. The molecule has 0 aliphatic heterocycles. The molecule has 1 unspecified atom stereocenters. The third kappa shape index (κ3) is 4.53. The predicted molar refractivity (Wildman–Crippen MR) is 96.1 cm³/mol. The number of carbonyl (C=O) groups is 1. The largest absolute Gasteiger partial charge is 0.493 e. The zero-order valence-electron chi connectivity index (χ0n) is 14.8. The van der Waals surface area contributed by atoms with Crippen LogP contribution in [0.25, 0.3) is 6.08 Å². The van der Waals surface area contributed by atoms with E-state index in [0.717, 1.165) is 5.56 Å². The van der Waals surface area contributed by atoms with Gasteiger partial charge in [0.15, 0.2) is 11.5 Å². The van der Waals surface area contributed by atoms with Crippen LogP contribution in [0, 0.1) is 0 Å². The molecular weight excluding hydrogens is 320 g/mol. The number of ether oxygens (including phenoxy) is 4. The third-order valence-corrected chi connectivity index (χ3v) is 3.78. The Morgan fingerprint density at radius 1 is 0.960 bits per heavy atom. The first-order valence-corrected chi connectivity index (χ1v) is 7.82. The maximum Gasteiger partial charge on any atom is 0.317 e. The van der Waals surface area contributed by atoms with Gasteiger partial charge in [-0.2, -0.15) is 0 Å². The average molecular weight is 342 g/mol.